The lowest BCUT2D eigenvalue weighted by Crippen LogP contribution is -2.36. The van der Waals surface area contributed by atoms with Crippen molar-refractivity contribution in [2.75, 3.05) is 13.3 Å². The molecule has 0 aliphatic carbocycles. The Bertz CT molecular complexity index is 717. The van der Waals surface area contributed by atoms with Gasteiger partial charge in [-0.2, -0.15) is 0 Å². The van der Waals surface area contributed by atoms with Gasteiger partial charge in [0.05, 0.1) is 5.69 Å². The quantitative estimate of drug-likeness (QED) is 0.791. The van der Waals surface area contributed by atoms with Crippen LogP contribution < -0.4 is 9.47 Å². The van der Waals surface area contributed by atoms with Crippen LogP contribution in [-0.4, -0.2) is 34.1 Å². The van der Waals surface area contributed by atoms with Gasteiger partial charge in [0.1, 0.15) is 6.33 Å². The molecule has 0 saturated carbocycles. The summed E-state index contributed by atoms with van der Waals surface area (Å²) >= 11 is 0. The zero-order valence-electron chi connectivity index (χ0n) is 11.3. The molecule has 4 rings (SSSR count). The molecule has 0 saturated heterocycles. The normalized spacial score (nSPS) is 15.7. The summed E-state index contributed by atoms with van der Waals surface area (Å²) in [6, 6.07) is 5.28. The van der Waals surface area contributed by atoms with Crippen LogP contribution in [0.4, 0.5) is 0 Å². The molecule has 6 heteroatoms. The van der Waals surface area contributed by atoms with Gasteiger partial charge >= 0.3 is 0 Å². The standard InChI is InChI=1S/C15H13N3O3/c19-15(10-1-2-13-14(5-10)21-9-20-13)18-4-3-12-11(7-18)6-16-8-17-12/h1-2,5-6,8H,3-4,7,9H2. The van der Waals surface area contributed by atoms with E-state index in [1.165, 1.54) is 0 Å². The third kappa shape index (κ3) is 2.08. The molecule has 0 atom stereocenters. The lowest BCUT2D eigenvalue weighted by molar-refractivity contribution is 0.0733. The Morgan fingerprint density at radius 2 is 2.14 bits per heavy atom. The Kier molecular flexibility index (Phi) is 2.73. The molecule has 1 amide bonds. The zero-order chi connectivity index (χ0) is 14.2. The first-order valence-electron chi connectivity index (χ1n) is 6.78. The highest BCUT2D eigenvalue weighted by atomic mass is 16.7. The van der Waals surface area contributed by atoms with Gasteiger partial charge in [-0.3, -0.25) is 4.79 Å². The molecule has 0 fully saturated rings. The zero-order valence-corrected chi connectivity index (χ0v) is 11.3. The first-order valence-corrected chi connectivity index (χ1v) is 6.78. The van der Waals surface area contributed by atoms with E-state index in [0.29, 0.717) is 30.2 Å². The summed E-state index contributed by atoms with van der Waals surface area (Å²) in [5, 5.41) is 0. The number of aromatic nitrogens is 2. The number of benzene rings is 1. The van der Waals surface area contributed by atoms with Crippen LogP contribution >= 0.6 is 0 Å². The van der Waals surface area contributed by atoms with Crippen molar-refractivity contribution >= 4 is 5.91 Å². The van der Waals surface area contributed by atoms with E-state index in [2.05, 4.69) is 9.97 Å². The number of hydrogen-bond acceptors (Lipinski definition) is 5. The van der Waals surface area contributed by atoms with Gasteiger partial charge in [-0.1, -0.05) is 0 Å². The van der Waals surface area contributed by atoms with Gasteiger partial charge < -0.3 is 14.4 Å². The SMILES string of the molecule is O=C(c1ccc2c(c1)OCO2)N1CCc2ncncc2C1. The molecular weight excluding hydrogens is 270 g/mol. The fraction of sp³-hybridized carbons (Fsp3) is 0.267. The number of carbonyl (C=O) groups is 1. The fourth-order valence-electron chi connectivity index (χ4n) is 2.65. The van der Waals surface area contributed by atoms with E-state index in [4.69, 9.17) is 9.47 Å². The fourth-order valence-corrected chi connectivity index (χ4v) is 2.65. The smallest absolute Gasteiger partial charge is 0.254 e. The monoisotopic (exact) mass is 283 g/mol. The van der Waals surface area contributed by atoms with E-state index < -0.39 is 0 Å². The summed E-state index contributed by atoms with van der Waals surface area (Å²) in [4.78, 5) is 22.7. The van der Waals surface area contributed by atoms with Gasteiger partial charge in [0.15, 0.2) is 11.5 Å². The summed E-state index contributed by atoms with van der Waals surface area (Å²) in [6.07, 6.45) is 4.09. The maximum absolute atomic E-state index is 12.6. The average molecular weight is 283 g/mol. The maximum atomic E-state index is 12.6. The lowest BCUT2D eigenvalue weighted by Gasteiger charge is -2.27. The van der Waals surface area contributed by atoms with Crippen molar-refractivity contribution in [3.05, 3.63) is 47.5 Å². The van der Waals surface area contributed by atoms with E-state index in [9.17, 15) is 4.79 Å². The van der Waals surface area contributed by atoms with Crippen LogP contribution in [0.1, 0.15) is 21.6 Å². The summed E-state index contributed by atoms with van der Waals surface area (Å²) in [5.41, 5.74) is 2.65. The molecule has 2 aromatic rings. The molecule has 106 valence electrons. The number of carbonyl (C=O) groups excluding carboxylic acids is 1. The molecule has 0 radical (unpaired) electrons. The van der Waals surface area contributed by atoms with Crippen molar-refractivity contribution in [2.45, 2.75) is 13.0 Å². The van der Waals surface area contributed by atoms with E-state index in [1.807, 2.05) is 4.90 Å². The van der Waals surface area contributed by atoms with Crippen LogP contribution in [0.5, 0.6) is 11.5 Å². The molecule has 2 aliphatic rings. The third-order valence-electron chi connectivity index (χ3n) is 3.77. The summed E-state index contributed by atoms with van der Waals surface area (Å²) in [5.74, 6) is 1.30. The molecule has 1 aromatic heterocycles. The topological polar surface area (TPSA) is 64.6 Å². The molecule has 0 spiro atoms. The number of ether oxygens (including phenoxy) is 2. The van der Waals surface area contributed by atoms with Gasteiger partial charge in [-0.25, -0.2) is 9.97 Å². The predicted octanol–water partition coefficient (Wildman–Crippen LogP) is 1.40. The lowest BCUT2D eigenvalue weighted by atomic mass is 10.1. The van der Waals surface area contributed by atoms with Crippen LogP contribution in [-0.2, 0) is 13.0 Å². The summed E-state index contributed by atoms with van der Waals surface area (Å²) in [7, 11) is 0. The number of rotatable bonds is 1. The van der Waals surface area contributed by atoms with Crippen LogP contribution in [0.2, 0.25) is 0 Å². The predicted molar refractivity (Wildman–Crippen MR) is 73.0 cm³/mol. The average Bonchev–Trinajstić information content (AvgIpc) is 3.01. The molecule has 1 aromatic carbocycles. The first kappa shape index (κ1) is 12.1. The van der Waals surface area contributed by atoms with Gasteiger partial charge in [0.2, 0.25) is 6.79 Å². The molecular formula is C15H13N3O3. The summed E-state index contributed by atoms with van der Waals surface area (Å²) in [6.45, 7) is 1.42. The van der Waals surface area contributed by atoms with E-state index in [-0.39, 0.29) is 12.7 Å². The Balaban J connectivity index is 1.59. The van der Waals surface area contributed by atoms with E-state index >= 15 is 0 Å². The van der Waals surface area contributed by atoms with E-state index in [0.717, 1.165) is 17.7 Å². The second kappa shape index (κ2) is 4.73. The van der Waals surface area contributed by atoms with Gasteiger partial charge in [0, 0.05) is 36.8 Å². The van der Waals surface area contributed by atoms with Crippen molar-refractivity contribution in [1.82, 2.24) is 14.9 Å². The Hall–Kier alpha value is -2.63. The minimum Gasteiger partial charge on any atom is -0.454 e. The van der Waals surface area contributed by atoms with Crippen molar-refractivity contribution < 1.29 is 14.3 Å². The minimum atomic E-state index is -0.0113. The molecule has 3 heterocycles. The molecule has 0 bridgehead atoms. The number of fused-ring (bicyclic) bond motifs is 2. The highest BCUT2D eigenvalue weighted by Crippen LogP contribution is 2.33. The number of nitrogens with zero attached hydrogens (tertiary/aromatic N) is 3. The molecule has 6 nitrogen and oxygen atoms in total. The van der Waals surface area contributed by atoms with Crippen LogP contribution in [0.3, 0.4) is 0 Å². The number of hydrogen-bond donors (Lipinski definition) is 0. The van der Waals surface area contributed by atoms with Crippen molar-refractivity contribution in [2.24, 2.45) is 0 Å². The minimum absolute atomic E-state index is 0.0113. The Morgan fingerprint density at radius 1 is 1.24 bits per heavy atom. The van der Waals surface area contributed by atoms with Crippen LogP contribution in [0.15, 0.2) is 30.7 Å². The van der Waals surface area contributed by atoms with Crippen molar-refractivity contribution in [3.8, 4) is 11.5 Å². The van der Waals surface area contributed by atoms with Crippen LogP contribution in [0, 0.1) is 0 Å². The van der Waals surface area contributed by atoms with Gasteiger partial charge in [0.25, 0.3) is 5.91 Å². The number of amides is 1. The highest BCUT2D eigenvalue weighted by molar-refractivity contribution is 5.95. The highest BCUT2D eigenvalue weighted by Gasteiger charge is 2.24. The van der Waals surface area contributed by atoms with Gasteiger partial charge in [-0.05, 0) is 18.2 Å². The van der Waals surface area contributed by atoms with Gasteiger partial charge in [-0.15, -0.1) is 0 Å². The summed E-state index contributed by atoms with van der Waals surface area (Å²) < 4.78 is 10.6. The second-order valence-corrected chi connectivity index (χ2v) is 5.04. The largest absolute Gasteiger partial charge is 0.454 e. The Labute approximate surface area is 121 Å². The maximum Gasteiger partial charge on any atom is 0.254 e. The van der Waals surface area contributed by atoms with E-state index in [1.54, 1.807) is 30.7 Å². The second-order valence-electron chi connectivity index (χ2n) is 5.04. The van der Waals surface area contributed by atoms with Crippen molar-refractivity contribution in [3.63, 3.8) is 0 Å². The van der Waals surface area contributed by atoms with Crippen LogP contribution in [0.25, 0.3) is 0 Å². The molecule has 21 heavy (non-hydrogen) atoms. The third-order valence-corrected chi connectivity index (χ3v) is 3.77. The molecule has 2 aliphatic heterocycles. The molecule has 0 N–H and O–H groups in total. The molecule has 0 unspecified atom stereocenters. The Morgan fingerprint density at radius 3 is 3.10 bits per heavy atom. The van der Waals surface area contributed by atoms with Crippen molar-refractivity contribution in [1.29, 1.82) is 0 Å². The first-order chi connectivity index (χ1) is 10.3.